The van der Waals surface area contributed by atoms with Gasteiger partial charge in [-0.2, -0.15) is 0 Å². The van der Waals surface area contributed by atoms with Crippen LogP contribution in [0, 0.1) is 0 Å². The van der Waals surface area contributed by atoms with E-state index in [4.69, 9.17) is 32.8 Å². The summed E-state index contributed by atoms with van der Waals surface area (Å²) >= 11 is 0. The van der Waals surface area contributed by atoms with E-state index in [2.05, 4.69) is 13.2 Å². The number of rotatable bonds is 18. The monoisotopic (exact) mass is 356 g/mol. The van der Waals surface area contributed by atoms with Gasteiger partial charge in [0.1, 0.15) is 37.9 Å². The lowest BCUT2D eigenvalue weighted by molar-refractivity contribution is 0.0152. The van der Waals surface area contributed by atoms with E-state index in [0.29, 0.717) is 66.1 Å². The highest BCUT2D eigenvalue weighted by atomic mass is 16.6. The van der Waals surface area contributed by atoms with Gasteiger partial charge in [0.05, 0.1) is 52.2 Å². The zero-order chi connectivity index (χ0) is 18.0. The maximum atomic E-state index is 5.61. The molecule has 0 N–H and O–H groups in total. The molecule has 1 heterocycles. The van der Waals surface area contributed by atoms with Gasteiger partial charge in [0.2, 0.25) is 0 Å². The number of furan rings is 1. The number of hydrogen-bond donors (Lipinski definition) is 0. The van der Waals surface area contributed by atoms with Crippen LogP contribution in [0.1, 0.15) is 11.5 Å². The van der Waals surface area contributed by atoms with Gasteiger partial charge >= 0.3 is 0 Å². The summed E-state index contributed by atoms with van der Waals surface area (Å²) in [5.74, 6) is 1.51. The van der Waals surface area contributed by atoms with Crippen molar-refractivity contribution < 1.29 is 32.8 Å². The average molecular weight is 356 g/mol. The molecule has 0 amide bonds. The Hall–Kier alpha value is -1.80. The minimum atomic E-state index is 0.402. The molecule has 142 valence electrons. The summed E-state index contributed by atoms with van der Waals surface area (Å²) in [7, 11) is 0. The van der Waals surface area contributed by atoms with E-state index < -0.39 is 0 Å². The molecule has 0 aliphatic heterocycles. The Morgan fingerprint density at radius 1 is 0.640 bits per heavy atom. The molecule has 0 spiro atoms. The van der Waals surface area contributed by atoms with E-state index >= 15 is 0 Å². The normalized spacial score (nSPS) is 10.6. The van der Waals surface area contributed by atoms with Crippen molar-refractivity contribution >= 4 is 0 Å². The van der Waals surface area contributed by atoms with Crippen molar-refractivity contribution in [3.63, 3.8) is 0 Å². The van der Waals surface area contributed by atoms with Crippen LogP contribution in [0.25, 0.3) is 0 Å². The highest BCUT2D eigenvalue weighted by molar-refractivity contribution is 5.05. The Bertz CT molecular complexity index is 406. The molecule has 0 saturated carbocycles. The van der Waals surface area contributed by atoms with Crippen molar-refractivity contribution in [3.05, 3.63) is 49.3 Å². The highest BCUT2D eigenvalue weighted by Crippen LogP contribution is 2.10. The first-order valence-electron chi connectivity index (χ1n) is 8.20. The third-order valence-electron chi connectivity index (χ3n) is 2.88. The molecular weight excluding hydrogens is 328 g/mol. The van der Waals surface area contributed by atoms with Crippen LogP contribution in [0.2, 0.25) is 0 Å². The molecule has 0 aliphatic carbocycles. The summed E-state index contributed by atoms with van der Waals surface area (Å²) < 4.78 is 37.0. The predicted molar refractivity (Wildman–Crippen MR) is 92.0 cm³/mol. The topological polar surface area (TPSA) is 68.5 Å². The summed E-state index contributed by atoms with van der Waals surface area (Å²) in [6.07, 6.45) is 2.79. The Labute approximate surface area is 149 Å². The molecule has 0 aliphatic rings. The van der Waals surface area contributed by atoms with Gasteiger partial charge in [-0.1, -0.05) is 13.2 Å². The summed E-state index contributed by atoms with van der Waals surface area (Å²) in [4.78, 5) is 0. The summed E-state index contributed by atoms with van der Waals surface area (Å²) in [5.41, 5.74) is 0. The highest BCUT2D eigenvalue weighted by Gasteiger charge is 2.03. The molecular formula is C18H28O7. The number of ether oxygens (including phenoxy) is 6. The molecule has 0 bridgehead atoms. The van der Waals surface area contributed by atoms with Gasteiger partial charge in [-0.15, -0.1) is 0 Å². The summed E-state index contributed by atoms with van der Waals surface area (Å²) in [6.45, 7) is 11.7. The second-order valence-electron chi connectivity index (χ2n) is 4.77. The van der Waals surface area contributed by atoms with Gasteiger partial charge < -0.3 is 32.8 Å². The van der Waals surface area contributed by atoms with Crippen LogP contribution in [0.15, 0.2) is 42.2 Å². The molecule has 0 atom stereocenters. The lowest BCUT2D eigenvalue weighted by Gasteiger charge is -2.05. The second-order valence-corrected chi connectivity index (χ2v) is 4.77. The van der Waals surface area contributed by atoms with Crippen LogP contribution in [0.5, 0.6) is 0 Å². The van der Waals surface area contributed by atoms with Crippen LogP contribution in [-0.2, 0) is 41.6 Å². The van der Waals surface area contributed by atoms with Gasteiger partial charge in [0, 0.05) is 0 Å². The maximum absolute atomic E-state index is 5.61. The first-order chi connectivity index (χ1) is 12.4. The summed E-state index contributed by atoms with van der Waals surface area (Å²) in [5, 5.41) is 0. The van der Waals surface area contributed by atoms with E-state index in [1.54, 1.807) is 0 Å². The van der Waals surface area contributed by atoms with Crippen LogP contribution in [-0.4, -0.2) is 52.9 Å². The van der Waals surface area contributed by atoms with Crippen molar-refractivity contribution in [2.45, 2.75) is 13.2 Å². The molecule has 1 aromatic heterocycles. The third kappa shape index (κ3) is 12.2. The molecule has 7 nitrogen and oxygen atoms in total. The lowest BCUT2D eigenvalue weighted by atomic mass is 10.4. The van der Waals surface area contributed by atoms with Crippen LogP contribution in [0.4, 0.5) is 0 Å². The Kier molecular flexibility index (Phi) is 13.4. The smallest absolute Gasteiger partial charge is 0.129 e. The maximum Gasteiger partial charge on any atom is 0.129 e. The van der Waals surface area contributed by atoms with E-state index in [9.17, 15) is 0 Å². The Balaban J connectivity index is 1.95. The van der Waals surface area contributed by atoms with Crippen LogP contribution >= 0.6 is 0 Å². The quantitative estimate of drug-likeness (QED) is 0.296. The van der Waals surface area contributed by atoms with Gasteiger partial charge in [-0.25, -0.2) is 0 Å². The zero-order valence-corrected chi connectivity index (χ0v) is 14.7. The number of hydrogen-bond acceptors (Lipinski definition) is 7. The minimum absolute atomic E-state index is 0.402. The average Bonchev–Trinajstić information content (AvgIpc) is 3.07. The first kappa shape index (κ1) is 21.2. The SMILES string of the molecule is C=COCCOCCOCc1ccc(COCCOCCOC=C)o1. The predicted octanol–water partition coefficient (Wildman–Crippen LogP) is 2.67. The fraction of sp³-hybridized carbons (Fsp3) is 0.556. The van der Waals surface area contributed by atoms with E-state index in [-0.39, 0.29) is 0 Å². The third-order valence-corrected chi connectivity index (χ3v) is 2.88. The molecule has 0 unspecified atom stereocenters. The molecule has 7 heteroatoms. The standard InChI is InChI=1S/C18H28O7/c1-3-19-7-9-21-11-13-23-15-17-5-6-18(25-17)16-24-14-12-22-10-8-20-4-2/h3-6H,1-2,7-16H2. The Morgan fingerprint density at radius 3 is 1.48 bits per heavy atom. The van der Waals surface area contributed by atoms with Crippen molar-refractivity contribution in [1.29, 1.82) is 0 Å². The Morgan fingerprint density at radius 2 is 1.04 bits per heavy atom. The van der Waals surface area contributed by atoms with E-state index in [0.717, 1.165) is 11.5 Å². The van der Waals surface area contributed by atoms with Crippen LogP contribution in [0.3, 0.4) is 0 Å². The fourth-order valence-corrected chi connectivity index (χ4v) is 1.74. The van der Waals surface area contributed by atoms with E-state index in [1.165, 1.54) is 12.5 Å². The molecule has 1 rings (SSSR count). The van der Waals surface area contributed by atoms with E-state index in [1.807, 2.05) is 12.1 Å². The van der Waals surface area contributed by atoms with Gasteiger partial charge in [0.25, 0.3) is 0 Å². The van der Waals surface area contributed by atoms with Crippen molar-refractivity contribution in [1.82, 2.24) is 0 Å². The molecule has 0 radical (unpaired) electrons. The van der Waals surface area contributed by atoms with Crippen molar-refractivity contribution in [2.24, 2.45) is 0 Å². The van der Waals surface area contributed by atoms with Gasteiger partial charge in [-0.3, -0.25) is 0 Å². The van der Waals surface area contributed by atoms with Gasteiger partial charge in [-0.05, 0) is 12.1 Å². The summed E-state index contributed by atoms with van der Waals surface area (Å²) in [6, 6.07) is 3.75. The zero-order valence-electron chi connectivity index (χ0n) is 14.7. The first-order valence-corrected chi connectivity index (χ1v) is 8.20. The van der Waals surface area contributed by atoms with Gasteiger partial charge in [0.15, 0.2) is 0 Å². The van der Waals surface area contributed by atoms with Crippen LogP contribution < -0.4 is 0 Å². The molecule has 0 fully saturated rings. The van der Waals surface area contributed by atoms with Crippen molar-refractivity contribution in [2.75, 3.05) is 52.9 Å². The second kappa shape index (κ2) is 15.7. The minimum Gasteiger partial charge on any atom is -0.499 e. The fourth-order valence-electron chi connectivity index (χ4n) is 1.74. The molecule has 0 saturated heterocycles. The molecule has 0 aromatic carbocycles. The van der Waals surface area contributed by atoms with Crippen molar-refractivity contribution in [3.8, 4) is 0 Å². The largest absolute Gasteiger partial charge is 0.499 e. The molecule has 25 heavy (non-hydrogen) atoms. The molecule has 1 aromatic rings. The lowest BCUT2D eigenvalue weighted by Crippen LogP contribution is -2.08.